The fourth-order valence-corrected chi connectivity index (χ4v) is 2.68. The Bertz CT molecular complexity index is 621. The number of nitrogens with one attached hydrogen (secondary N) is 1. The number of ether oxygens (including phenoxy) is 1. The first-order valence-corrected chi connectivity index (χ1v) is 7.15. The highest BCUT2D eigenvalue weighted by atomic mass is 32.1. The van der Waals surface area contributed by atoms with Gasteiger partial charge in [-0.25, -0.2) is 4.90 Å². The van der Waals surface area contributed by atoms with E-state index in [2.05, 4.69) is 5.32 Å². The van der Waals surface area contributed by atoms with Gasteiger partial charge in [0.2, 0.25) is 0 Å². The van der Waals surface area contributed by atoms with Gasteiger partial charge < -0.3 is 4.74 Å². The summed E-state index contributed by atoms with van der Waals surface area (Å²) in [6.07, 6.45) is 2.64. The first kappa shape index (κ1) is 13.9. The highest BCUT2D eigenvalue weighted by Gasteiger charge is 2.39. The van der Waals surface area contributed by atoms with Crippen LogP contribution in [-0.4, -0.2) is 34.5 Å². The smallest absolute Gasteiger partial charge is 0.274 e. The normalized spacial score (nSPS) is 23.7. The van der Waals surface area contributed by atoms with Crippen LogP contribution in [-0.2, 0) is 14.3 Å². The molecule has 0 saturated carbocycles. The van der Waals surface area contributed by atoms with Crippen LogP contribution in [0.3, 0.4) is 0 Å². The van der Waals surface area contributed by atoms with Crippen LogP contribution in [0.4, 0.5) is 0 Å². The van der Waals surface area contributed by atoms with Crippen molar-refractivity contribution in [3.63, 3.8) is 0 Å². The SMILES string of the molecule is O=C1NC(=S)N(C(=O)[C@H]2CCCO2)/C1=C/c1ccccc1. The summed E-state index contributed by atoms with van der Waals surface area (Å²) in [5, 5.41) is 2.63. The van der Waals surface area contributed by atoms with Gasteiger partial charge in [0.05, 0.1) is 0 Å². The van der Waals surface area contributed by atoms with Crippen LogP contribution in [0.25, 0.3) is 6.08 Å². The third kappa shape index (κ3) is 2.72. The molecule has 2 fully saturated rings. The van der Waals surface area contributed by atoms with Crippen LogP contribution in [0.2, 0.25) is 0 Å². The van der Waals surface area contributed by atoms with E-state index < -0.39 is 6.10 Å². The third-order valence-electron chi connectivity index (χ3n) is 3.43. The van der Waals surface area contributed by atoms with Gasteiger partial charge in [0.15, 0.2) is 5.11 Å². The van der Waals surface area contributed by atoms with Gasteiger partial charge in [-0.1, -0.05) is 30.3 Å². The van der Waals surface area contributed by atoms with Gasteiger partial charge in [-0.3, -0.25) is 14.9 Å². The molecular formula is C15H14N2O3S. The molecule has 0 spiro atoms. The van der Waals surface area contributed by atoms with E-state index in [4.69, 9.17) is 17.0 Å². The van der Waals surface area contributed by atoms with E-state index >= 15 is 0 Å². The molecule has 1 aromatic carbocycles. The second-order valence-electron chi connectivity index (χ2n) is 4.87. The van der Waals surface area contributed by atoms with Crippen LogP contribution in [0.15, 0.2) is 36.0 Å². The summed E-state index contributed by atoms with van der Waals surface area (Å²) in [6, 6.07) is 9.33. The average molecular weight is 302 g/mol. The molecule has 6 heteroatoms. The van der Waals surface area contributed by atoms with E-state index in [1.165, 1.54) is 4.90 Å². The summed E-state index contributed by atoms with van der Waals surface area (Å²) in [7, 11) is 0. The van der Waals surface area contributed by atoms with Crippen molar-refractivity contribution < 1.29 is 14.3 Å². The molecule has 2 heterocycles. The molecule has 1 N–H and O–H groups in total. The molecule has 0 radical (unpaired) electrons. The Balaban J connectivity index is 1.92. The Kier molecular flexibility index (Phi) is 3.81. The molecule has 1 atom stereocenters. The lowest BCUT2D eigenvalue weighted by molar-refractivity contribution is -0.135. The van der Waals surface area contributed by atoms with Crippen molar-refractivity contribution in [3.05, 3.63) is 41.6 Å². The monoisotopic (exact) mass is 302 g/mol. The molecule has 21 heavy (non-hydrogen) atoms. The summed E-state index contributed by atoms with van der Waals surface area (Å²) < 4.78 is 5.39. The number of carbonyl (C=O) groups excluding carboxylic acids is 2. The number of nitrogens with zero attached hydrogens (tertiary/aromatic N) is 1. The highest BCUT2D eigenvalue weighted by molar-refractivity contribution is 7.80. The highest BCUT2D eigenvalue weighted by Crippen LogP contribution is 2.22. The third-order valence-corrected chi connectivity index (χ3v) is 3.71. The molecule has 5 nitrogen and oxygen atoms in total. The maximum Gasteiger partial charge on any atom is 0.274 e. The van der Waals surface area contributed by atoms with Crippen molar-refractivity contribution in [2.45, 2.75) is 18.9 Å². The zero-order valence-corrected chi connectivity index (χ0v) is 12.1. The number of hydrogen-bond donors (Lipinski definition) is 1. The van der Waals surface area contributed by atoms with Crippen LogP contribution in [0.1, 0.15) is 18.4 Å². The molecular weight excluding hydrogens is 288 g/mol. The fraction of sp³-hybridized carbons (Fsp3) is 0.267. The molecule has 0 aromatic heterocycles. The maximum absolute atomic E-state index is 12.5. The minimum atomic E-state index is -0.519. The van der Waals surface area contributed by atoms with E-state index in [9.17, 15) is 9.59 Å². The molecule has 1 aromatic rings. The molecule has 108 valence electrons. The minimum absolute atomic E-state index is 0.114. The molecule has 2 aliphatic heterocycles. The molecule has 0 aliphatic carbocycles. The zero-order valence-electron chi connectivity index (χ0n) is 11.2. The summed E-state index contributed by atoms with van der Waals surface area (Å²) in [6.45, 7) is 0.566. The van der Waals surface area contributed by atoms with Gasteiger partial charge in [0, 0.05) is 6.61 Å². The zero-order chi connectivity index (χ0) is 14.8. The van der Waals surface area contributed by atoms with E-state index in [0.717, 1.165) is 12.0 Å². The molecule has 2 aliphatic rings. The maximum atomic E-state index is 12.5. The van der Waals surface area contributed by atoms with Crippen LogP contribution in [0, 0.1) is 0 Å². The van der Waals surface area contributed by atoms with Crippen molar-refractivity contribution in [2.75, 3.05) is 6.61 Å². The molecule has 2 saturated heterocycles. The van der Waals surface area contributed by atoms with E-state index in [0.29, 0.717) is 13.0 Å². The fourth-order valence-electron chi connectivity index (χ4n) is 2.40. The molecule has 2 amide bonds. The van der Waals surface area contributed by atoms with Crippen molar-refractivity contribution in [3.8, 4) is 0 Å². The standard InChI is InChI=1S/C15H14N2O3S/c18-13-11(9-10-5-2-1-3-6-10)17(15(21)16-13)14(19)12-7-4-8-20-12/h1-3,5-6,9,12H,4,7-8H2,(H,16,18,21)/b11-9+/t12-/m1/s1. The van der Waals surface area contributed by atoms with Gasteiger partial charge in [-0.2, -0.15) is 0 Å². The van der Waals surface area contributed by atoms with Crippen molar-refractivity contribution in [1.29, 1.82) is 0 Å². The number of benzene rings is 1. The Labute approximate surface area is 127 Å². The van der Waals surface area contributed by atoms with E-state index in [-0.39, 0.29) is 22.6 Å². The van der Waals surface area contributed by atoms with Gasteiger partial charge >= 0.3 is 0 Å². The lowest BCUT2D eigenvalue weighted by atomic mass is 10.1. The number of thiocarbonyl (C=S) groups is 1. The number of carbonyl (C=O) groups is 2. The Morgan fingerprint density at radius 3 is 2.81 bits per heavy atom. The Morgan fingerprint density at radius 2 is 2.14 bits per heavy atom. The quantitative estimate of drug-likeness (QED) is 0.663. The number of hydrogen-bond acceptors (Lipinski definition) is 4. The van der Waals surface area contributed by atoms with Crippen molar-refractivity contribution in [1.82, 2.24) is 10.2 Å². The first-order chi connectivity index (χ1) is 10.2. The lowest BCUT2D eigenvalue weighted by Crippen LogP contribution is -2.40. The predicted octanol–water partition coefficient (Wildman–Crippen LogP) is 1.45. The second-order valence-corrected chi connectivity index (χ2v) is 5.26. The van der Waals surface area contributed by atoms with Crippen LogP contribution in [0.5, 0.6) is 0 Å². The number of rotatable bonds is 2. The van der Waals surface area contributed by atoms with Gasteiger partial charge in [0.1, 0.15) is 11.8 Å². The summed E-state index contributed by atoms with van der Waals surface area (Å²) in [5.74, 6) is -0.645. The predicted molar refractivity (Wildman–Crippen MR) is 81.0 cm³/mol. The molecule has 0 bridgehead atoms. The van der Waals surface area contributed by atoms with Gasteiger partial charge in [0.25, 0.3) is 11.8 Å². The number of amides is 2. The van der Waals surface area contributed by atoms with Gasteiger partial charge in [-0.15, -0.1) is 0 Å². The average Bonchev–Trinajstić information content (AvgIpc) is 3.09. The summed E-state index contributed by atoms with van der Waals surface area (Å²) in [4.78, 5) is 25.8. The van der Waals surface area contributed by atoms with Gasteiger partial charge in [-0.05, 0) is 36.7 Å². The van der Waals surface area contributed by atoms with Crippen LogP contribution >= 0.6 is 12.2 Å². The topological polar surface area (TPSA) is 58.6 Å². The Morgan fingerprint density at radius 1 is 1.38 bits per heavy atom. The second kappa shape index (κ2) is 5.75. The largest absolute Gasteiger partial charge is 0.368 e. The van der Waals surface area contributed by atoms with E-state index in [1.807, 2.05) is 30.3 Å². The summed E-state index contributed by atoms with van der Waals surface area (Å²) >= 11 is 5.10. The first-order valence-electron chi connectivity index (χ1n) is 6.74. The minimum Gasteiger partial charge on any atom is -0.368 e. The van der Waals surface area contributed by atoms with E-state index in [1.54, 1.807) is 6.08 Å². The van der Waals surface area contributed by atoms with Crippen LogP contribution < -0.4 is 5.32 Å². The van der Waals surface area contributed by atoms with Crippen molar-refractivity contribution >= 4 is 35.2 Å². The Hall–Kier alpha value is -2.05. The lowest BCUT2D eigenvalue weighted by Gasteiger charge is -2.19. The molecule has 0 unspecified atom stereocenters. The summed E-state index contributed by atoms with van der Waals surface area (Å²) in [5.41, 5.74) is 1.07. The van der Waals surface area contributed by atoms with Crippen molar-refractivity contribution in [2.24, 2.45) is 0 Å². The molecule has 3 rings (SSSR count).